The lowest BCUT2D eigenvalue weighted by Gasteiger charge is -2.46. The minimum atomic E-state index is -0.903. The van der Waals surface area contributed by atoms with Gasteiger partial charge in [-0.2, -0.15) is 0 Å². The molecule has 1 aliphatic carbocycles. The Labute approximate surface area is 115 Å². The highest BCUT2D eigenvalue weighted by molar-refractivity contribution is 8.19. The smallest absolute Gasteiger partial charge is 0.147 e. The number of carboxylic acids is 1. The van der Waals surface area contributed by atoms with Crippen LogP contribution in [0.5, 0.6) is 0 Å². The predicted octanol–water partition coefficient (Wildman–Crippen LogP) is 0.844. The van der Waals surface area contributed by atoms with Gasteiger partial charge in [0.1, 0.15) is 10.9 Å². The number of thioether (sulfide) groups is 2. The van der Waals surface area contributed by atoms with E-state index in [1.54, 1.807) is 23.5 Å². The Morgan fingerprint density at radius 3 is 2.61 bits per heavy atom. The first-order chi connectivity index (χ1) is 8.72. The number of carboxylic acid groups (broad SMARTS) is 1. The summed E-state index contributed by atoms with van der Waals surface area (Å²) in [6.45, 7) is 0.362. The van der Waals surface area contributed by atoms with Crippen molar-refractivity contribution in [3.05, 3.63) is 0 Å². The second-order valence-electron chi connectivity index (χ2n) is 5.04. The number of carbonyl (C=O) groups excluding carboxylic acids is 1. The highest BCUT2D eigenvalue weighted by Gasteiger charge is 2.48. The van der Waals surface area contributed by atoms with Crippen molar-refractivity contribution in [1.82, 2.24) is 0 Å². The Kier molecular flexibility index (Phi) is 3.80. The summed E-state index contributed by atoms with van der Waals surface area (Å²) in [4.78, 5) is 11.6. The molecule has 0 aromatic heterocycles. The molecule has 0 aromatic rings. The van der Waals surface area contributed by atoms with E-state index in [0.29, 0.717) is 6.79 Å². The number of aliphatic carboxylic acids is 1. The standard InChI is InChI=1S/C12H18O4S2/c13-11(14)12(17-4-1-5-18-12)8-2-3-9-10(6-8)16-7-15-9/h8-10H,1-7H2,(H,13,14)/p-1/t8-,9+,10-/m1/s1. The molecule has 2 saturated heterocycles. The normalized spacial score (nSPS) is 39.2. The Morgan fingerprint density at radius 2 is 1.89 bits per heavy atom. The summed E-state index contributed by atoms with van der Waals surface area (Å²) >= 11 is 3.13. The molecule has 2 heterocycles. The van der Waals surface area contributed by atoms with Crippen LogP contribution in [-0.4, -0.2) is 40.6 Å². The monoisotopic (exact) mass is 289 g/mol. The Morgan fingerprint density at radius 1 is 1.17 bits per heavy atom. The quantitative estimate of drug-likeness (QED) is 0.751. The van der Waals surface area contributed by atoms with Gasteiger partial charge in [-0.3, -0.25) is 0 Å². The van der Waals surface area contributed by atoms with Gasteiger partial charge >= 0.3 is 0 Å². The molecule has 0 bridgehead atoms. The molecular formula is C12H17O4S2-. The summed E-state index contributed by atoms with van der Waals surface area (Å²) in [5.74, 6) is 1.08. The molecule has 4 nitrogen and oxygen atoms in total. The summed E-state index contributed by atoms with van der Waals surface area (Å²) in [5.41, 5.74) is 0. The van der Waals surface area contributed by atoms with Gasteiger partial charge in [-0.15, -0.1) is 23.5 Å². The largest absolute Gasteiger partial charge is 0.548 e. The highest BCUT2D eigenvalue weighted by Crippen LogP contribution is 2.52. The third kappa shape index (κ3) is 2.17. The van der Waals surface area contributed by atoms with Crippen molar-refractivity contribution in [3.63, 3.8) is 0 Å². The van der Waals surface area contributed by atoms with Crippen LogP contribution >= 0.6 is 23.5 Å². The lowest BCUT2D eigenvalue weighted by atomic mass is 9.83. The van der Waals surface area contributed by atoms with Crippen LogP contribution < -0.4 is 5.11 Å². The van der Waals surface area contributed by atoms with E-state index in [2.05, 4.69) is 0 Å². The highest BCUT2D eigenvalue weighted by atomic mass is 32.2. The summed E-state index contributed by atoms with van der Waals surface area (Å²) in [7, 11) is 0. The number of rotatable bonds is 2. The van der Waals surface area contributed by atoms with Crippen molar-refractivity contribution in [1.29, 1.82) is 0 Å². The molecule has 0 radical (unpaired) electrons. The zero-order chi connectivity index (χ0) is 12.6. The summed E-state index contributed by atoms with van der Waals surface area (Å²) in [6, 6.07) is 0. The third-order valence-electron chi connectivity index (χ3n) is 4.04. The third-order valence-corrected chi connectivity index (χ3v) is 7.59. The zero-order valence-electron chi connectivity index (χ0n) is 10.1. The van der Waals surface area contributed by atoms with Crippen LogP contribution in [0.25, 0.3) is 0 Å². The fourth-order valence-electron chi connectivity index (χ4n) is 3.10. The van der Waals surface area contributed by atoms with Gasteiger partial charge in [0, 0.05) is 0 Å². The molecule has 3 fully saturated rings. The van der Waals surface area contributed by atoms with Crippen molar-refractivity contribution in [2.75, 3.05) is 18.3 Å². The maximum absolute atomic E-state index is 11.6. The van der Waals surface area contributed by atoms with E-state index < -0.39 is 10.0 Å². The number of fused-ring (bicyclic) bond motifs is 1. The molecule has 0 N–H and O–H groups in total. The minimum absolute atomic E-state index is 0.0862. The summed E-state index contributed by atoms with van der Waals surface area (Å²) in [6.07, 6.45) is 3.95. The van der Waals surface area contributed by atoms with Crippen molar-refractivity contribution in [2.24, 2.45) is 5.92 Å². The maximum Gasteiger partial charge on any atom is 0.147 e. The molecule has 18 heavy (non-hydrogen) atoms. The number of ether oxygens (including phenoxy) is 2. The topological polar surface area (TPSA) is 58.6 Å². The van der Waals surface area contributed by atoms with Gasteiger partial charge in [0.05, 0.1) is 18.2 Å². The van der Waals surface area contributed by atoms with Crippen molar-refractivity contribution in [3.8, 4) is 0 Å². The van der Waals surface area contributed by atoms with Crippen LogP contribution in [0.15, 0.2) is 0 Å². The van der Waals surface area contributed by atoms with Crippen LogP contribution in [0.2, 0.25) is 0 Å². The second-order valence-corrected chi connectivity index (χ2v) is 7.98. The molecule has 3 rings (SSSR count). The van der Waals surface area contributed by atoms with E-state index in [1.165, 1.54) is 0 Å². The fourth-order valence-corrected chi connectivity index (χ4v) is 6.43. The average molecular weight is 289 g/mol. The van der Waals surface area contributed by atoms with Gasteiger partial charge < -0.3 is 19.4 Å². The first-order valence-electron chi connectivity index (χ1n) is 6.45. The molecule has 2 aliphatic heterocycles. The lowest BCUT2D eigenvalue weighted by molar-refractivity contribution is -0.307. The molecular weight excluding hydrogens is 272 g/mol. The number of hydrogen-bond donors (Lipinski definition) is 0. The fraction of sp³-hybridized carbons (Fsp3) is 0.917. The van der Waals surface area contributed by atoms with Crippen LogP contribution in [0.4, 0.5) is 0 Å². The molecule has 3 atom stereocenters. The predicted molar refractivity (Wildman–Crippen MR) is 69.2 cm³/mol. The Balaban J connectivity index is 1.76. The van der Waals surface area contributed by atoms with E-state index in [-0.39, 0.29) is 18.1 Å². The Hall–Kier alpha value is 0.0900. The minimum Gasteiger partial charge on any atom is -0.548 e. The molecule has 0 spiro atoms. The van der Waals surface area contributed by atoms with E-state index in [1.807, 2.05) is 0 Å². The van der Waals surface area contributed by atoms with Crippen molar-refractivity contribution in [2.45, 2.75) is 42.0 Å². The molecule has 0 aromatic carbocycles. The second kappa shape index (κ2) is 5.23. The molecule has 6 heteroatoms. The van der Waals surface area contributed by atoms with Gasteiger partial charge in [0.2, 0.25) is 0 Å². The zero-order valence-corrected chi connectivity index (χ0v) is 11.8. The van der Waals surface area contributed by atoms with E-state index in [4.69, 9.17) is 9.47 Å². The molecule has 102 valence electrons. The maximum atomic E-state index is 11.6. The first kappa shape index (κ1) is 13.1. The SMILES string of the molecule is O=C([O-])C1([C@@H]2CC[C@@H]3OCO[C@@H]3C2)SCCCS1. The van der Waals surface area contributed by atoms with Crippen molar-refractivity contribution >= 4 is 29.5 Å². The van der Waals surface area contributed by atoms with Gasteiger partial charge in [-0.1, -0.05) is 0 Å². The first-order valence-corrected chi connectivity index (χ1v) is 8.42. The van der Waals surface area contributed by atoms with E-state index in [9.17, 15) is 9.90 Å². The summed E-state index contributed by atoms with van der Waals surface area (Å²) in [5, 5.41) is 11.6. The van der Waals surface area contributed by atoms with E-state index >= 15 is 0 Å². The van der Waals surface area contributed by atoms with Gasteiger partial charge in [-0.25, -0.2) is 0 Å². The molecule has 3 aliphatic rings. The van der Waals surface area contributed by atoms with Gasteiger partial charge in [0.25, 0.3) is 0 Å². The van der Waals surface area contributed by atoms with Crippen LogP contribution in [0.3, 0.4) is 0 Å². The number of hydrogen-bond acceptors (Lipinski definition) is 6. The molecule has 0 unspecified atom stereocenters. The van der Waals surface area contributed by atoms with Crippen molar-refractivity contribution < 1.29 is 19.4 Å². The van der Waals surface area contributed by atoms with Gasteiger partial charge in [-0.05, 0) is 43.1 Å². The molecule has 1 saturated carbocycles. The van der Waals surface area contributed by atoms with Gasteiger partial charge in [0.15, 0.2) is 0 Å². The number of carbonyl (C=O) groups is 1. The van der Waals surface area contributed by atoms with Crippen LogP contribution in [0.1, 0.15) is 25.7 Å². The average Bonchev–Trinajstić information content (AvgIpc) is 2.86. The lowest BCUT2D eigenvalue weighted by Crippen LogP contribution is -2.52. The van der Waals surface area contributed by atoms with E-state index in [0.717, 1.165) is 37.2 Å². The Bertz CT molecular complexity index is 330. The summed E-state index contributed by atoms with van der Waals surface area (Å²) < 4.78 is 10.3. The van der Waals surface area contributed by atoms with Crippen LogP contribution in [-0.2, 0) is 14.3 Å². The molecule has 0 amide bonds. The van der Waals surface area contributed by atoms with Crippen LogP contribution in [0, 0.1) is 5.92 Å².